The summed E-state index contributed by atoms with van der Waals surface area (Å²) >= 11 is 0. The fraction of sp³-hybridized carbons (Fsp3) is 0.667. The third-order valence-electron chi connectivity index (χ3n) is 3.33. The molecule has 0 bridgehead atoms. The molecule has 108 valence electrons. The van der Waals surface area contributed by atoms with Crippen LogP contribution in [-0.4, -0.2) is 43.4 Å². The number of methoxy groups -OCH3 is 1. The van der Waals surface area contributed by atoms with Crippen LogP contribution in [0.4, 0.5) is 0 Å². The molecule has 0 unspecified atom stereocenters. The second kappa shape index (κ2) is 6.88. The molecule has 2 atom stereocenters. The molecule has 2 N–H and O–H groups in total. The maximum Gasteiger partial charge on any atom is 0.224 e. The molecule has 1 saturated heterocycles. The Hall–Kier alpha value is -1.11. The van der Waals surface area contributed by atoms with E-state index in [-0.39, 0.29) is 30.5 Å². The van der Waals surface area contributed by atoms with Gasteiger partial charge in [-0.3, -0.25) is 4.79 Å². The Kier molecular flexibility index (Phi) is 5.78. The number of amides is 1. The third kappa shape index (κ3) is 3.68. The van der Waals surface area contributed by atoms with E-state index in [2.05, 4.69) is 15.8 Å². The van der Waals surface area contributed by atoms with Crippen molar-refractivity contribution in [3.63, 3.8) is 0 Å². The van der Waals surface area contributed by atoms with Crippen LogP contribution in [-0.2, 0) is 16.0 Å². The summed E-state index contributed by atoms with van der Waals surface area (Å²) in [5, 5.41) is 10.0. The Balaban J connectivity index is 0.00000180. The molecule has 7 heteroatoms. The van der Waals surface area contributed by atoms with Crippen LogP contribution in [0, 0.1) is 13.8 Å². The molecule has 0 spiro atoms. The number of hydrogen-bond acceptors (Lipinski definition) is 5. The molecule has 2 rings (SSSR count). The SMILES string of the molecule is CO[C@H]1CNC[C@@H]1NC(=O)Cc1c(C)noc1C.Cl. The van der Waals surface area contributed by atoms with Crippen LogP contribution in [0.15, 0.2) is 4.52 Å². The summed E-state index contributed by atoms with van der Waals surface area (Å²) < 4.78 is 10.3. The Bertz CT molecular complexity index is 416. The molecule has 0 aromatic carbocycles. The van der Waals surface area contributed by atoms with E-state index in [4.69, 9.17) is 9.26 Å². The zero-order chi connectivity index (χ0) is 13.1. The fourth-order valence-corrected chi connectivity index (χ4v) is 2.22. The molecule has 0 radical (unpaired) electrons. The Morgan fingerprint density at radius 3 is 2.84 bits per heavy atom. The van der Waals surface area contributed by atoms with Crippen LogP contribution >= 0.6 is 12.4 Å². The summed E-state index contributed by atoms with van der Waals surface area (Å²) in [5.41, 5.74) is 1.64. The summed E-state index contributed by atoms with van der Waals surface area (Å²) in [6.45, 7) is 5.17. The van der Waals surface area contributed by atoms with Crippen LogP contribution in [0.1, 0.15) is 17.0 Å². The van der Waals surface area contributed by atoms with E-state index in [0.717, 1.165) is 24.3 Å². The molecule has 0 saturated carbocycles. The van der Waals surface area contributed by atoms with E-state index < -0.39 is 0 Å². The van der Waals surface area contributed by atoms with E-state index in [1.807, 2.05) is 13.8 Å². The number of carbonyl (C=O) groups excluding carboxylic acids is 1. The number of ether oxygens (including phenoxy) is 1. The highest BCUT2D eigenvalue weighted by atomic mass is 35.5. The number of rotatable bonds is 4. The number of aromatic nitrogens is 1. The molecule has 1 aromatic rings. The van der Waals surface area contributed by atoms with Crippen molar-refractivity contribution >= 4 is 18.3 Å². The highest BCUT2D eigenvalue weighted by Gasteiger charge is 2.28. The van der Waals surface area contributed by atoms with Crippen LogP contribution in [0.5, 0.6) is 0 Å². The van der Waals surface area contributed by atoms with Crippen molar-refractivity contribution in [1.29, 1.82) is 0 Å². The highest BCUT2D eigenvalue weighted by molar-refractivity contribution is 5.85. The predicted octanol–water partition coefficient (Wildman–Crippen LogP) is 0.359. The van der Waals surface area contributed by atoms with Gasteiger partial charge in [-0.2, -0.15) is 0 Å². The minimum Gasteiger partial charge on any atom is -0.378 e. The molecular weight excluding hydrogens is 270 g/mol. The van der Waals surface area contributed by atoms with E-state index >= 15 is 0 Å². The van der Waals surface area contributed by atoms with Gasteiger partial charge in [0.15, 0.2) is 0 Å². The van der Waals surface area contributed by atoms with E-state index in [1.54, 1.807) is 7.11 Å². The van der Waals surface area contributed by atoms with Gasteiger partial charge in [-0.05, 0) is 13.8 Å². The van der Waals surface area contributed by atoms with Gasteiger partial charge in [0.25, 0.3) is 0 Å². The molecule has 19 heavy (non-hydrogen) atoms. The average molecular weight is 290 g/mol. The summed E-state index contributed by atoms with van der Waals surface area (Å²) in [6.07, 6.45) is 0.340. The first kappa shape index (κ1) is 15.9. The van der Waals surface area contributed by atoms with Crippen LogP contribution in [0.25, 0.3) is 0 Å². The average Bonchev–Trinajstić information content (AvgIpc) is 2.90. The van der Waals surface area contributed by atoms with Gasteiger partial charge in [0.05, 0.1) is 24.3 Å². The molecule has 1 aliphatic heterocycles. The topological polar surface area (TPSA) is 76.4 Å². The summed E-state index contributed by atoms with van der Waals surface area (Å²) in [4.78, 5) is 12.0. The maximum absolute atomic E-state index is 12.0. The lowest BCUT2D eigenvalue weighted by Crippen LogP contribution is -2.44. The molecule has 1 aromatic heterocycles. The van der Waals surface area contributed by atoms with Crippen molar-refractivity contribution in [3.8, 4) is 0 Å². The van der Waals surface area contributed by atoms with Gasteiger partial charge in [0.2, 0.25) is 5.91 Å². The summed E-state index contributed by atoms with van der Waals surface area (Å²) in [7, 11) is 1.66. The first-order chi connectivity index (χ1) is 8.61. The van der Waals surface area contributed by atoms with Gasteiger partial charge in [-0.25, -0.2) is 0 Å². The van der Waals surface area contributed by atoms with Gasteiger partial charge in [-0.1, -0.05) is 5.16 Å². The first-order valence-electron chi connectivity index (χ1n) is 6.06. The fourth-order valence-electron chi connectivity index (χ4n) is 2.22. The molecule has 1 amide bonds. The van der Waals surface area contributed by atoms with Crippen molar-refractivity contribution in [2.45, 2.75) is 32.4 Å². The highest BCUT2D eigenvalue weighted by Crippen LogP contribution is 2.13. The zero-order valence-corrected chi connectivity index (χ0v) is 12.2. The number of nitrogens with zero attached hydrogens (tertiary/aromatic N) is 1. The number of halogens is 1. The van der Waals surface area contributed by atoms with Crippen molar-refractivity contribution in [2.75, 3.05) is 20.2 Å². The number of aryl methyl sites for hydroxylation is 2. The van der Waals surface area contributed by atoms with Crippen molar-refractivity contribution in [3.05, 3.63) is 17.0 Å². The summed E-state index contributed by atoms with van der Waals surface area (Å²) in [6, 6.07) is 0.0305. The molecule has 2 heterocycles. The van der Waals surface area contributed by atoms with E-state index in [0.29, 0.717) is 12.2 Å². The van der Waals surface area contributed by atoms with Crippen LogP contribution in [0.3, 0.4) is 0 Å². The largest absolute Gasteiger partial charge is 0.378 e. The predicted molar refractivity (Wildman–Crippen MR) is 72.5 cm³/mol. The second-order valence-electron chi connectivity index (χ2n) is 4.59. The van der Waals surface area contributed by atoms with Gasteiger partial charge in [0, 0.05) is 25.8 Å². The van der Waals surface area contributed by atoms with Gasteiger partial charge in [0.1, 0.15) is 5.76 Å². The van der Waals surface area contributed by atoms with Crippen molar-refractivity contribution in [1.82, 2.24) is 15.8 Å². The second-order valence-corrected chi connectivity index (χ2v) is 4.59. The van der Waals surface area contributed by atoms with E-state index in [1.165, 1.54) is 0 Å². The molecular formula is C12H20ClN3O3. The molecule has 1 aliphatic rings. The Morgan fingerprint density at radius 1 is 1.53 bits per heavy atom. The van der Waals surface area contributed by atoms with Crippen molar-refractivity contribution < 1.29 is 14.1 Å². The quantitative estimate of drug-likeness (QED) is 0.837. The van der Waals surface area contributed by atoms with E-state index in [9.17, 15) is 4.79 Å². The lowest BCUT2D eigenvalue weighted by molar-refractivity contribution is -0.121. The lowest BCUT2D eigenvalue weighted by atomic mass is 10.1. The first-order valence-corrected chi connectivity index (χ1v) is 6.06. The van der Waals surface area contributed by atoms with Crippen LogP contribution < -0.4 is 10.6 Å². The van der Waals surface area contributed by atoms with Gasteiger partial charge in [-0.15, -0.1) is 12.4 Å². The smallest absolute Gasteiger partial charge is 0.224 e. The van der Waals surface area contributed by atoms with Crippen molar-refractivity contribution in [2.24, 2.45) is 0 Å². The monoisotopic (exact) mass is 289 g/mol. The Morgan fingerprint density at radius 2 is 2.26 bits per heavy atom. The van der Waals surface area contributed by atoms with Gasteiger partial charge < -0.3 is 19.9 Å². The van der Waals surface area contributed by atoms with Crippen LogP contribution in [0.2, 0.25) is 0 Å². The molecule has 6 nitrogen and oxygen atoms in total. The lowest BCUT2D eigenvalue weighted by Gasteiger charge is -2.18. The Labute approximate surface area is 118 Å². The minimum absolute atomic E-state index is 0. The van der Waals surface area contributed by atoms with Gasteiger partial charge >= 0.3 is 0 Å². The molecule has 1 fully saturated rings. The normalized spacial score (nSPS) is 22.1. The number of hydrogen-bond donors (Lipinski definition) is 2. The number of nitrogens with one attached hydrogen (secondary N) is 2. The standard InChI is InChI=1S/C12H19N3O3.ClH/c1-7-9(8(2)18-15-7)4-12(16)14-10-5-13-6-11(10)17-3;/h10-11,13H,4-6H2,1-3H3,(H,14,16);1H/t10-,11-;/m0./s1. The maximum atomic E-state index is 12.0. The number of carbonyl (C=O) groups is 1. The molecule has 0 aliphatic carbocycles. The zero-order valence-electron chi connectivity index (χ0n) is 11.4. The third-order valence-corrected chi connectivity index (χ3v) is 3.33. The minimum atomic E-state index is -0.0276. The summed E-state index contributed by atoms with van der Waals surface area (Å²) in [5.74, 6) is 0.677.